The van der Waals surface area contributed by atoms with Gasteiger partial charge in [0, 0.05) is 29.9 Å². The molecule has 1 unspecified atom stereocenters. The predicted octanol–water partition coefficient (Wildman–Crippen LogP) is 3.84. The van der Waals surface area contributed by atoms with Crippen molar-refractivity contribution in [1.29, 1.82) is 0 Å². The summed E-state index contributed by atoms with van der Waals surface area (Å²) in [7, 11) is 1.92. The van der Waals surface area contributed by atoms with Crippen LogP contribution in [0.2, 0.25) is 0 Å². The van der Waals surface area contributed by atoms with Gasteiger partial charge in [0.15, 0.2) is 5.75 Å². The zero-order chi connectivity index (χ0) is 16.8. The highest BCUT2D eigenvalue weighted by atomic mass is 32.2. The molecule has 1 aliphatic heterocycles. The van der Waals surface area contributed by atoms with E-state index in [1.807, 2.05) is 29.8 Å². The van der Waals surface area contributed by atoms with E-state index in [1.165, 1.54) is 23.1 Å². The van der Waals surface area contributed by atoms with Crippen molar-refractivity contribution in [3.63, 3.8) is 0 Å². The van der Waals surface area contributed by atoms with Gasteiger partial charge in [-0.1, -0.05) is 17.4 Å². The van der Waals surface area contributed by atoms with Crippen molar-refractivity contribution < 1.29 is 9.90 Å². The smallest absolute Gasteiger partial charge is 0.169 e. The lowest BCUT2D eigenvalue weighted by molar-refractivity contribution is -0.116. The molecule has 1 atom stereocenters. The summed E-state index contributed by atoms with van der Waals surface area (Å²) in [5, 5.41) is 11.5. The summed E-state index contributed by atoms with van der Waals surface area (Å²) < 4.78 is 1.96. The Bertz CT molecular complexity index is 935. The van der Waals surface area contributed by atoms with Gasteiger partial charge in [-0.15, -0.1) is 11.8 Å². The maximum atomic E-state index is 11.6. The van der Waals surface area contributed by atoms with Gasteiger partial charge in [0.05, 0.1) is 10.9 Å². The molecule has 0 spiro atoms. The first-order valence-electron chi connectivity index (χ1n) is 7.52. The molecule has 0 amide bonds. The minimum Gasteiger partial charge on any atom is -0.504 e. The highest BCUT2D eigenvalue weighted by Gasteiger charge is 2.28. The molecular formula is C17H15N3O2S2. The number of Topliss-reactive ketones (excluding diaryl/α,β-unsaturated/α-hetero) is 1. The van der Waals surface area contributed by atoms with Crippen LogP contribution >= 0.6 is 23.1 Å². The lowest BCUT2D eigenvalue weighted by Gasteiger charge is -2.08. The number of fused-ring (bicyclic) bond motifs is 1. The van der Waals surface area contributed by atoms with Crippen LogP contribution in [0.15, 0.2) is 30.6 Å². The SMILES string of the molecule is CC(=O)C1CC=C(c2c(O)c3nc(-c4cccnc4)sc3n2C)S1. The van der Waals surface area contributed by atoms with Gasteiger partial charge in [-0.25, -0.2) is 4.98 Å². The van der Waals surface area contributed by atoms with Crippen LogP contribution in [0.5, 0.6) is 5.75 Å². The van der Waals surface area contributed by atoms with Gasteiger partial charge in [0.2, 0.25) is 0 Å². The number of allylic oxidation sites excluding steroid dienone is 1. The normalized spacial score (nSPS) is 17.4. The van der Waals surface area contributed by atoms with Crippen LogP contribution in [-0.2, 0) is 11.8 Å². The predicted molar refractivity (Wildman–Crippen MR) is 98.1 cm³/mol. The molecule has 0 bridgehead atoms. The van der Waals surface area contributed by atoms with Crippen molar-refractivity contribution >= 4 is 44.1 Å². The van der Waals surface area contributed by atoms with Crippen LogP contribution in [-0.4, -0.2) is 30.7 Å². The van der Waals surface area contributed by atoms with Gasteiger partial charge in [-0.2, -0.15) is 0 Å². The summed E-state index contributed by atoms with van der Waals surface area (Å²) in [6.45, 7) is 1.61. The lowest BCUT2D eigenvalue weighted by Crippen LogP contribution is -2.08. The minimum absolute atomic E-state index is 0.0498. The van der Waals surface area contributed by atoms with Crippen molar-refractivity contribution in [3.8, 4) is 16.3 Å². The van der Waals surface area contributed by atoms with Crippen LogP contribution < -0.4 is 0 Å². The average molecular weight is 357 g/mol. The number of nitrogens with zero attached hydrogens (tertiary/aromatic N) is 3. The molecule has 0 saturated carbocycles. The number of pyridine rings is 1. The molecule has 24 heavy (non-hydrogen) atoms. The summed E-state index contributed by atoms with van der Waals surface area (Å²) in [5.41, 5.74) is 2.28. The van der Waals surface area contributed by atoms with E-state index in [2.05, 4.69) is 9.97 Å². The number of aromatic hydroxyl groups is 1. The number of hydrogen-bond acceptors (Lipinski definition) is 6. The first-order chi connectivity index (χ1) is 11.6. The summed E-state index contributed by atoms with van der Waals surface area (Å²) >= 11 is 3.04. The molecule has 0 aliphatic carbocycles. The molecule has 4 heterocycles. The molecule has 1 aliphatic rings. The molecule has 4 rings (SSSR count). The first-order valence-corrected chi connectivity index (χ1v) is 9.22. The van der Waals surface area contributed by atoms with E-state index in [0.717, 1.165) is 26.0 Å². The van der Waals surface area contributed by atoms with E-state index in [0.29, 0.717) is 11.9 Å². The molecule has 3 aromatic rings. The maximum Gasteiger partial charge on any atom is 0.169 e. The third-order valence-electron chi connectivity index (χ3n) is 4.08. The topological polar surface area (TPSA) is 68.0 Å². The Morgan fingerprint density at radius 2 is 2.29 bits per heavy atom. The summed E-state index contributed by atoms with van der Waals surface area (Å²) in [5.74, 6) is 0.348. The van der Waals surface area contributed by atoms with Gasteiger partial charge in [-0.05, 0) is 25.5 Å². The highest BCUT2D eigenvalue weighted by Crippen LogP contribution is 2.47. The van der Waals surface area contributed by atoms with Gasteiger partial charge in [0.1, 0.15) is 21.1 Å². The van der Waals surface area contributed by atoms with Crippen LogP contribution in [0.25, 0.3) is 25.8 Å². The Labute approximate surface area is 147 Å². The van der Waals surface area contributed by atoms with Crippen LogP contribution in [0.4, 0.5) is 0 Å². The van der Waals surface area contributed by atoms with Gasteiger partial charge < -0.3 is 9.67 Å². The fourth-order valence-electron chi connectivity index (χ4n) is 2.83. The number of aromatic nitrogens is 3. The van der Waals surface area contributed by atoms with E-state index < -0.39 is 0 Å². The minimum atomic E-state index is -0.0498. The quantitative estimate of drug-likeness (QED) is 0.771. The van der Waals surface area contributed by atoms with Crippen molar-refractivity contribution in [2.45, 2.75) is 18.6 Å². The number of carbonyl (C=O) groups excluding carboxylic acids is 1. The number of rotatable bonds is 3. The maximum absolute atomic E-state index is 11.6. The Morgan fingerprint density at radius 3 is 2.92 bits per heavy atom. The third-order valence-corrected chi connectivity index (χ3v) is 6.68. The van der Waals surface area contributed by atoms with Crippen molar-refractivity contribution in [2.24, 2.45) is 7.05 Å². The van der Waals surface area contributed by atoms with Crippen LogP contribution in [0.3, 0.4) is 0 Å². The Balaban J connectivity index is 1.77. The fourth-order valence-corrected chi connectivity index (χ4v) is 5.05. The number of hydrogen-bond donors (Lipinski definition) is 1. The summed E-state index contributed by atoms with van der Waals surface area (Å²) in [6.07, 6.45) is 6.23. The van der Waals surface area contributed by atoms with Crippen molar-refractivity contribution in [1.82, 2.24) is 14.5 Å². The number of carbonyl (C=O) groups is 1. The molecule has 7 heteroatoms. The van der Waals surface area contributed by atoms with E-state index >= 15 is 0 Å². The van der Waals surface area contributed by atoms with Crippen molar-refractivity contribution in [3.05, 3.63) is 36.3 Å². The number of thioether (sulfide) groups is 1. The first kappa shape index (κ1) is 15.4. The number of ketones is 1. The van der Waals surface area contributed by atoms with Crippen LogP contribution in [0.1, 0.15) is 19.0 Å². The van der Waals surface area contributed by atoms with Crippen molar-refractivity contribution in [2.75, 3.05) is 0 Å². The Hall–Kier alpha value is -2.12. The van der Waals surface area contributed by atoms with E-state index in [9.17, 15) is 9.90 Å². The molecule has 5 nitrogen and oxygen atoms in total. The van der Waals surface area contributed by atoms with Gasteiger partial charge in [-0.3, -0.25) is 9.78 Å². The largest absolute Gasteiger partial charge is 0.504 e. The standard InChI is InChI=1S/C17H15N3O2S2/c1-9(21)11-5-6-12(23-11)14-15(22)13-17(20(14)2)24-16(19-13)10-4-3-7-18-8-10/h3-4,6-8,11,22H,5H2,1-2H3. The molecule has 0 aromatic carbocycles. The lowest BCUT2D eigenvalue weighted by atomic mass is 10.2. The second kappa shape index (κ2) is 5.75. The summed E-state index contributed by atoms with van der Waals surface area (Å²) in [4.78, 5) is 22.1. The Morgan fingerprint density at radius 1 is 1.46 bits per heavy atom. The second-order valence-electron chi connectivity index (χ2n) is 5.69. The molecule has 122 valence electrons. The van der Waals surface area contributed by atoms with E-state index in [-0.39, 0.29) is 16.8 Å². The van der Waals surface area contributed by atoms with E-state index in [1.54, 1.807) is 19.3 Å². The van der Waals surface area contributed by atoms with Gasteiger partial charge in [0.25, 0.3) is 0 Å². The zero-order valence-electron chi connectivity index (χ0n) is 13.2. The monoisotopic (exact) mass is 357 g/mol. The highest BCUT2D eigenvalue weighted by molar-refractivity contribution is 8.09. The summed E-state index contributed by atoms with van der Waals surface area (Å²) in [6, 6.07) is 3.82. The molecule has 0 saturated heterocycles. The Kier molecular flexibility index (Phi) is 3.69. The van der Waals surface area contributed by atoms with Gasteiger partial charge >= 0.3 is 0 Å². The molecule has 0 radical (unpaired) electrons. The molecular weight excluding hydrogens is 342 g/mol. The average Bonchev–Trinajstić information content (AvgIpc) is 3.26. The number of thiazole rings is 1. The molecule has 1 N–H and O–H groups in total. The fraction of sp³-hybridized carbons (Fsp3) is 0.235. The number of aryl methyl sites for hydroxylation is 1. The molecule has 0 fully saturated rings. The zero-order valence-corrected chi connectivity index (χ0v) is 14.8. The van der Waals surface area contributed by atoms with Crippen LogP contribution in [0, 0.1) is 0 Å². The third kappa shape index (κ3) is 2.35. The van der Waals surface area contributed by atoms with E-state index in [4.69, 9.17) is 0 Å². The second-order valence-corrected chi connectivity index (χ2v) is 7.91. The molecule has 3 aromatic heterocycles.